The molecule has 1 aliphatic carbocycles. The van der Waals surface area contributed by atoms with E-state index in [4.69, 9.17) is 9.47 Å². The quantitative estimate of drug-likeness (QED) is 0.420. The van der Waals surface area contributed by atoms with Gasteiger partial charge >= 0.3 is 0 Å². The smallest absolute Gasteiger partial charge is 0.0627 e. The number of hydrogen-bond donors (Lipinski definition) is 1. The molecule has 5 aliphatic rings. The maximum Gasteiger partial charge on any atom is 0.0627 e. The fourth-order valence-corrected chi connectivity index (χ4v) is 6.82. The van der Waals surface area contributed by atoms with Crippen molar-refractivity contribution in [3.8, 4) is 0 Å². The Bertz CT molecular complexity index is 526. The lowest BCUT2D eigenvalue weighted by molar-refractivity contribution is 0.0517. The van der Waals surface area contributed by atoms with Crippen molar-refractivity contribution in [2.75, 3.05) is 6.61 Å². The predicted molar refractivity (Wildman–Crippen MR) is 148 cm³/mol. The third-order valence-corrected chi connectivity index (χ3v) is 8.32. The van der Waals surface area contributed by atoms with Gasteiger partial charge < -0.3 is 14.8 Å². The van der Waals surface area contributed by atoms with Gasteiger partial charge in [-0.3, -0.25) is 0 Å². The van der Waals surface area contributed by atoms with Crippen molar-refractivity contribution < 1.29 is 9.47 Å². The topological polar surface area (TPSA) is 30.5 Å². The summed E-state index contributed by atoms with van der Waals surface area (Å²) < 4.78 is 11.9. The molecular weight excluding hydrogens is 405 g/mol. The maximum atomic E-state index is 6.12. The standard InChI is InChI=1S/C16H29NO.C9H16O.4CH4.B/c1-15(2,3)10-14-12-6-9-16(7-4-5-8-16)17-13(12)11-18-14;1-6(2)8-5-7-3-4-9(8)10-7;;;;;/h12-14,17H,4-11H2,1-3H3;6-9H,3-5H2,1-2H3;4*1H4;. The van der Waals surface area contributed by atoms with E-state index in [1.807, 2.05) is 0 Å². The largest absolute Gasteiger partial charge is 0.376 e. The zero-order chi connectivity index (χ0) is 19.9. The van der Waals surface area contributed by atoms with Crippen molar-refractivity contribution in [1.82, 2.24) is 5.32 Å². The van der Waals surface area contributed by atoms with E-state index in [2.05, 4.69) is 39.9 Å². The molecule has 2 bridgehead atoms. The summed E-state index contributed by atoms with van der Waals surface area (Å²) in [6.45, 7) is 12.6. The van der Waals surface area contributed by atoms with Gasteiger partial charge in [0.1, 0.15) is 0 Å². The maximum absolute atomic E-state index is 6.12. The summed E-state index contributed by atoms with van der Waals surface area (Å²) in [5.74, 6) is 2.48. The van der Waals surface area contributed by atoms with Crippen molar-refractivity contribution in [2.24, 2.45) is 23.2 Å². The molecule has 6 atom stereocenters. The van der Waals surface area contributed by atoms with Crippen LogP contribution in [-0.2, 0) is 9.47 Å². The summed E-state index contributed by atoms with van der Waals surface area (Å²) in [6, 6.07) is 0.643. The van der Waals surface area contributed by atoms with Crippen LogP contribution in [0.2, 0.25) is 0 Å². The van der Waals surface area contributed by atoms with Gasteiger partial charge in [-0.15, -0.1) is 0 Å². The van der Waals surface area contributed by atoms with Crippen molar-refractivity contribution in [3.05, 3.63) is 0 Å². The lowest BCUT2D eigenvalue weighted by Crippen LogP contribution is -2.56. The number of rotatable bonds is 2. The Morgan fingerprint density at radius 1 is 0.939 bits per heavy atom. The highest BCUT2D eigenvalue weighted by Crippen LogP contribution is 2.44. The molecule has 3 radical (unpaired) electrons. The Labute approximate surface area is 211 Å². The van der Waals surface area contributed by atoms with Crippen LogP contribution < -0.4 is 5.32 Å². The first-order valence-electron chi connectivity index (χ1n) is 12.3. The SMILES string of the molecule is C.C.C.C.CC(C)(C)CC1OCC2NC3(CCCC3)CCC21.CC(C)C1CC2CCC1O2.[B]. The van der Waals surface area contributed by atoms with Gasteiger partial charge in [-0.1, -0.05) is 77.2 Å². The molecule has 0 aromatic rings. The molecule has 1 spiro atoms. The van der Waals surface area contributed by atoms with E-state index in [1.165, 1.54) is 64.2 Å². The number of hydrogen-bond acceptors (Lipinski definition) is 3. The molecule has 197 valence electrons. The Kier molecular flexibility index (Phi) is 14.8. The van der Waals surface area contributed by atoms with Gasteiger partial charge in [0, 0.05) is 25.9 Å². The minimum Gasteiger partial charge on any atom is -0.376 e. The molecule has 6 unspecified atom stereocenters. The van der Waals surface area contributed by atoms with E-state index < -0.39 is 0 Å². The first kappa shape index (κ1) is 35.1. The highest BCUT2D eigenvalue weighted by Gasteiger charge is 2.48. The molecule has 0 aromatic heterocycles. The van der Waals surface area contributed by atoms with Crippen LogP contribution >= 0.6 is 0 Å². The van der Waals surface area contributed by atoms with Gasteiger partial charge in [-0.05, 0) is 68.6 Å². The monoisotopic (exact) mass is 466 g/mol. The van der Waals surface area contributed by atoms with Gasteiger partial charge in [0.25, 0.3) is 0 Å². The Balaban J connectivity index is 0. The fourth-order valence-electron chi connectivity index (χ4n) is 6.82. The average Bonchev–Trinajstić information content (AvgIpc) is 3.40. The van der Waals surface area contributed by atoms with Crippen LogP contribution in [0.1, 0.15) is 129 Å². The number of ether oxygens (including phenoxy) is 2. The summed E-state index contributed by atoms with van der Waals surface area (Å²) in [5.41, 5.74) is 0.892. The molecule has 0 amide bonds. The molecular formula is C29H61BNO2. The Hall–Kier alpha value is -0.0551. The highest BCUT2D eigenvalue weighted by molar-refractivity contribution is 5.75. The average molecular weight is 467 g/mol. The van der Waals surface area contributed by atoms with Crippen LogP contribution in [0.25, 0.3) is 0 Å². The van der Waals surface area contributed by atoms with Crippen molar-refractivity contribution >= 4 is 8.41 Å². The van der Waals surface area contributed by atoms with E-state index in [1.54, 1.807) is 0 Å². The van der Waals surface area contributed by atoms with Crippen molar-refractivity contribution in [1.29, 1.82) is 0 Å². The van der Waals surface area contributed by atoms with Crippen LogP contribution in [0.5, 0.6) is 0 Å². The fraction of sp³-hybridized carbons (Fsp3) is 1.00. The molecule has 33 heavy (non-hydrogen) atoms. The Morgan fingerprint density at radius 3 is 2.03 bits per heavy atom. The van der Waals surface area contributed by atoms with Gasteiger partial charge in [-0.2, -0.15) is 0 Å². The third kappa shape index (κ3) is 8.24. The second-order valence-electron chi connectivity index (χ2n) is 12.1. The minimum absolute atomic E-state index is 0. The van der Waals surface area contributed by atoms with Gasteiger partial charge in [0.05, 0.1) is 24.9 Å². The lowest BCUT2D eigenvalue weighted by atomic mass is 9.75. The summed E-state index contributed by atoms with van der Waals surface area (Å²) in [7, 11) is 0. The summed E-state index contributed by atoms with van der Waals surface area (Å²) >= 11 is 0. The zero-order valence-electron chi connectivity index (χ0n) is 19.7. The van der Waals surface area contributed by atoms with Gasteiger partial charge in [-0.25, -0.2) is 0 Å². The lowest BCUT2D eigenvalue weighted by Gasteiger charge is -2.42. The van der Waals surface area contributed by atoms with E-state index in [0.717, 1.165) is 24.4 Å². The first-order valence-corrected chi connectivity index (χ1v) is 12.3. The Morgan fingerprint density at radius 2 is 1.58 bits per heavy atom. The molecule has 1 N–H and O–H groups in total. The molecule has 4 heteroatoms. The van der Waals surface area contributed by atoms with Crippen LogP contribution in [0, 0.1) is 23.2 Å². The summed E-state index contributed by atoms with van der Waals surface area (Å²) in [6.07, 6.45) is 15.4. The second-order valence-corrected chi connectivity index (χ2v) is 12.1. The third-order valence-electron chi connectivity index (χ3n) is 8.32. The predicted octanol–water partition coefficient (Wildman–Crippen LogP) is 7.88. The van der Waals surface area contributed by atoms with Crippen LogP contribution in [-0.4, -0.2) is 44.9 Å². The van der Waals surface area contributed by atoms with E-state index >= 15 is 0 Å². The molecule has 5 fully saturated rings. The number of piperidine rings is 1. The van der Waals surface area contributed by atoms with Crippen molar-refractivity contribution in [3.63, 3.8) is 0 Å². The molecule has 1 saturated carbocycles. The molecule has 5 rings (SSSR count). The summed E-state index contributed by atoms with van der Waals surface area (Å²) in [5, 5.41) is 3.98. The van der Waals surface area contributed by atoms with Crippen molar-refractivity contribution in [2.45, 2.75) is 158 Å². The van der Waals surface area contributed by atoms with Crippen LogP contribution in [0.4, 0.5) is 0 Å². The first-order chi connectivity index (χ1) is 13.2. The van der Waals surface area contributed by atoms with Gasteiger partial charge in [0.2, 0.25) is 0 Å². The minimum atomic E-state index is 0. The number of nitrogens with one attached hydrogen (secondary N) is 1. The van der Waals surface area contributed by atoms with Gasteiger partial charge in [0.15, 0.2) is 0 Å². The second kappa shape index (κ2) is 13.9. The molecule has 0 aromatic carbocycles. The van der Waals surface area contributed by atoms with Crippen LogP contribution in [0.3, 0.4) is 0 Å². The molecule has 3 nitrogen and oxygen atoms in total. The van der Waals surface area contributed by atoms with E-state index in [0.29, 0.717) is 35.3 Å². The zero-order valence-corrected chi connectivity index (χ0v) is 19.7. The summed E-state index contributed by atoms with van der Waals surface area (Å²) in [4.78, 5) is 0. The normalized spacial score (nSPS) is 35.1. The van der Waals surface area contributed by atoms with E-state index in [9.17, 15) is 0 Å². The van der Waals surface area contributed by atoms with Crippen LogP contribution in [0.15, 0.2) is 0 Å². The molecule has 4 aliphatic heterocycles. The molecule has 4 heterocycles. The highest BCUT2D eigenvalue weighted by atomic mass is 16.5. The number of fused-ring (bicyclic) bond motifs is 3. The molecule has 4 saturated heterocycles. The van der Waals surface area contributed by atoms with E-state index in [-0.39, 0.29) is 38.1 Å².